The van der Waals surface area contributed by atoms with Gasteiger partial charge in [-0.15, -0.1) is 0 Å². The van der Waals surface area contributed by atoms with E-state index in [1.54, 1.807) is 0 Å². The normalized spacial score (nSPS) is 12.5. The molecule has 0 saturated heterocycles. The molecule has 11 heavy (non-hydrogen) atoms. The molecule has 3 heteroatoms. The summed E-state index contributed by atoms with van der Waals surface area (Å²) in [6.45, 7) is 5.54. The Morgan fingerprint density at radius 3 is 2.82 bits per heavy atom. The maximum absolute atomic E-state index is 9.76. The highest BCUT2D eigenvalue weighted by Gasteiger charge is 2.00. The number of unbranched alkanes of at least 4 members (excludes halogenated alkanes) is 1. The van der Waals surface area contributed by atoms with Crippen molar-refractivity contribution in [3.63, 3.8) is 0 Å². The lowest BCUT2D eigenvalue weighted by atomic mass is 10.3. The summed E-state index contributed by atoms with van der Waals surface area (Å²) in [5.41, 5.74) is 0. The maximum Gasteiger partial charge on any atom is 0.293 e. The first-order chi connectivity index (χ1) is 5.31. The highest BCUT2D eigenvalue weighted by Crippen LogP contribution is 1.94. The number of ether oxygens (including phenoxy) is 2. The van der Waals surface area contributed by atoms with Gasteiger partial charge in [-0.05, 0) is 13.3 Å². The maximum atomic E-state index is 9.76. The second-order valence-corrected chi connectivity index (χ2v) is 2.46. The van der Waals surface area contributed by atoms with Crippen LogP contribution < -0.4 is 0 Å². The third-order valence-corrected chi connectivity index (χ3v) is 1.30. The molecule has 0 heterocycles. The van der Waals surface area contributed by atoms with Crippen molar-refractivity contribution in [2.24, 2.45) is 0 Å². The fourth-order valence-electron chi connectivity index (χ4n) is 0.652. The minimum Gasteiger partial charge on any atom is -0.465 e. The number of hydrogen-bond donors (Lipinski definition) is 0. The Morgan fingerprint density at radius 1 is 1.55 bits per heavy atom. The first-order valence-electron chi connectivity index (χ1n) is 3.98. The van der Waals surface area contributed by atoms with Crippen LogP contribution in [0.4, 0.5) is 0 Å². The zero-order valence-corrected chi connectivity index (χ0v) is 7.21. The van der Waals surface area contributed by atoms with Crippen molar-refractivity contribution in [3.8, 4) is 0 Å². The molecule has 0 radical (unpaired) electrons. The van der Waals surface area contributed by atoms with Crippen LogP contribution in [0.15, 0.2) is 0 Å². The average molecular weight is 160 g/mol. The van der Waals surface area contributed by atoms with Crippen molar-refractivity contribution in [2.75, 3.05) is 13.2 Å². The second-order valence-electron chi connectivity index (χ2n) is 2.46. The van der Waals surface area contributed by atoms with Gasteiger partial charge in [-0.1, -0.05) is 13.3 Å². The Hall–Kier alpha value is -0.570. The van der Waals surface area contributed by atoms with Gasteiger partial charge in [-0.3, -0.25) is 4.79 Å². The van der Waals surface area contributed by atoms with E-state index in [4.69, 9.17) is 4.74 Å². The van der Waals surface area contributed by atoms with E-state index in [1.165, 1.54) is 0 Å². The Labute approximate surface area is 67.7 Å². The minimum atomic E-state index is 0.0201. The van der Waals surface area contributed by atoms with Gasteiger partial charge in [0.1, 0.15) is 6.61 Å². The molecule has 0 aliphatic rings. The number of carbonyl (C=O) groups excluding carboxylic acids is 1. The van der Waals surface area contributed by atoms with Crippen LogP contribution in [0.5, 0.6) is 0 Å². The summed E-state index contributed by atoms with van der Waals surface area (Å²) in [6.07, 6.45) is 2.21. The summed E-state index contributed by atoms with van der Waals surface area (Å²) in [4.78, 5) is 9.76. The van der Waals surface area contributed by atoms with Gasteiger partial charge in [0, 0.05) is 6.61 Å². The molecule has 0 N–H and O–H groups in total. The van der Waals surface area contributed by atoms with Gasteiger partial charge in [0.25, 0.3) is 6.47 Å². The van der Waals surface area contributed by atoms with E-state index in [9.17, 15) is 4.79 Å². The quantitative estimate of drug-likeness (QED) is 0.416. The second kappa shape index (κ2) is 7.54. The summed E-state index contributed by atoms with van der Waals surface area (Å²) >= 11 is 0. The van der Waals surface area contributed by atoms with Gasteiger partial charge in [0.05, 0.1) is 6.10 Å². The van der Waals surface area contributed by atoms with Crippen molar-refractivity contribution >= 4 is 6.47 Å². The number of hydrogen-bond acceptors (Lipinski definition) is 3. The largest absolute Gasteiger partial charge is 0.465 e. The molecular weight excluding hydrogens is 144 g/mol. The van der Waals surface area contributed by atoms with Crippen LogP contribution in [-0.4, -0.2) is 25.8 Å². The Kier molecular flexibility index (Phi) is 7.15. The van der Waals surface area contributed by atoms with Crippen molar-refractivity contribution in [1.29, 1.82) is 0 Å². The van der Waals surface area contributed by atoms with Crippen molar-refractivity contribution in [2.45, 2.75) is 32.8 Å². The van der Waals surface area contributed by atoms with E-state index < -0.39 is 0 Å². The first-order valence-corrected chi connectivity index (χ1v) is 3.98. The summed E-state index contributed by atoms with van der Waals surface area (Å²) in [6, 6.07) is 0. The smallest absolute Gasteiger partial charge is 0.293 e. The van der Waals surface area contributed by atoms with Crippen LogP contribution >= 0.6 is 0 Å². The number of rotatable bonds is 7. The first kappa shape index (κ1) is 10.4. The predicted molar refractivity (Wildman–Crippen MR) is 42.3 cm³/mol. The summed E-state index contributed by atoms with van der Waals surface area (Å²) in [7, 11) is 0. The van der Waals surface area contributed by atoms with E-state index in [0.717, 1.165) is 19.4 Å². The SMILES string of the molecule is CCCCOC(C)COC=O. The third-order valence-electron chi connectivity index (χ3n) is 1.30. The van der Waals surface area contributed by atoms with E-state index >= 15 is 0 Å². The van der Waals surface area contributed by atoms with Crippen molar-refractivity contribution < 1.29 is 14.3 Å². The molecule has 0 amide bonds. The molecule has 1 unspecified atom stereocenters. The number of carbonyl (C=O) groups is 1. The zero-order chi connectivity index (χ0) is 8.53. The fraction of sp³-hybridized carbons (Fsp3) is 0.875. The van der Waals surface area contributed by atoms with Crippen molar-refractivity contribution in [3.05, 3.63) is 0 Å². The van der Waals surface area contributed by atoms with E-state index in [0.29, 0.717) is 13.1 Å². The van der Waals surface area contributed by atoms with Gasteiger partial charge >= 0.3 is 0 Å². The van der Waals surface area contributed by atoms with Crippen LogP contribution in [0.1, 0.15) is 26.7 Å². The molecule has 0 aliphatic carbocycles. The van der Waals surface area contributed by atoms with Gasteiger partial charge < -0.3 is 9.47 Å². The average Bonchev–Trinajstić information content (AvgIpc) is 2.01. The molecule has 0 fully saturated rings. The molecule has 3 nitrogen and oxygen atoms in total. The molecule has 66 valence electrons. The third kappa shape index (κ3) is 7.33. The molecule has 0 aromatic carbocycles. The van der Waals surface area contributed by atoms with Crippen LogP contribution in [0, 0.1) is 0 Å². The monoisotopic (exact) mass is 160 g/mol. The lowest BCUT2D eigenvalue weighted by Gasteiger charge is -2.10. The van der Waals surface area contributed by atoms with Gasteiger partial charge in [-0.2, -0.15) is 0 Å². The topological polar surface area (TPSA) is 35.5 Å². The van der Waals surface area contributed by atoms with Gasteiger partial charge in [0.2, 0.25) is 0 Å². The molecule has 0 bridgehead atoms. The van der Waals surface area contributed by atoms with E-state index in [-0.39, 0.29) is 6.10 Å². The molecule has 0 rings (SSSR count). The Bertz CT molecular complexity index is 93.3. The van der Waals surface area contributed by atoms with Crippen LogP contribution in [0.25, 0.3) is 0 Å². The molecule has 0 aliphatic heterocycles. The molecule has 0 saturated carbocycles. The van der Waals surface area contributed by atoms with Crippen molar-refractivity contribution in [1.82, 2.24) is 0 Å². The molecule has 0 aromatic heterocycles. The fourth-order valence-corrected chi connectivity index (χ4v) is 0.652. The molecular formula is C8H16O3. The van der Waals surface area contributed by atoms with E-state index in [1.807, 2.05) is 6.92 Å². The highest BCUT2D eigenvalue weighted by atomic mass is 16.6. The van der Waals surface area contributed by atoms with Crippen LogP contribution in [0.3, 0.4) is 0 Å². The van der Waals surface area contributed by atoms with Gasteiger partial charge in [0.15, 0.2) is 0 Å². The molecule has 0 aromatic rings. The van der Waals surface area contributed by atoms with Crippen LogP contribution in [0.2, 0.25) is 0 Å². The standard InChI is InChI=1S/C8H16O3/c1-3-4-5-11-8(2)6-10-7-9/h7-8H,3-6H2,1-2H3. The molecule has 0 spiro atoms. The zero-order valence-electron chi connectivity index (χ0n) is 7.21. The Balaban J connectivity index is 3.08. The summed E-state index contributed by atoms with van der Waals surface area (Å²) in [5.74, 6) is 0. The predicted octanol–water partition coefficient (Wildman–Crippen LogP) is 1.36. The lowest BCUT2D eigenvalue weighted by molar-refractivity contribution is -0.132. The van der Waals surface area contributed by atoms with Gasteiger partial charge in [-0.25, -0.2) is 0 Å². The Morgan fingerprint density at radius 2 is 2.27 bits per heavy atom. The summed E-state index contributed by atoms with van der Waals surface area (Å²) in [5, 5.41) is 0. The van der Waals surface area contributed by atoms with E-state index in [2.05, 4.69) is 11.7 Å². The lowest BCUT2D eigenvalue weighted by Crippen LogP contribution is -2.16. The van der Waals surface area contributed by atoms with Crippen LogP contribution in [-0.2, 0) is 14.3 Å². The molecule has 1 atom stereocenters. The summed E-state index contributed by atoms with van der Waals surface area (Å²) < 4.78 is 9.82. The minimum absolute atomic E-state index is 0.0201. The highest BCUT2D eigenvalue weighted by molar-refractivity contribution is 5.36.